The highest BCUT2D eigenvalue weighted by Gasteiger charge is 2.38. The second-order valence-corrected chi connectivity index (χ2v) is 8.93. The van der Waals surface area contributed by atoms with Gasteiger partial charge in [0.15, 0.2) is 0 Å². The molecule has 1 N–H and O–H groups in total. The number of aryl methyl sites for hydroxylation is 2. The Morgan fingerprint density at radius 1 is 1.29 bits per heavy atom. The number of piperidine rings is 1. The molecule has 2 fully saturated rings. The van der Waals surface area contributed by atoms with Crippen LogP contribution in [0.4, 0.5) is 0 Å². The van der Waals surface area contributed by atoms with Crippen molar-refractivity contribution >= 4 is 5.97 Å². The van der Waals surface area contributed by atoms with E-state index < -0.39 is 0 Å². The summed E-state index contributed by atoms with van der Waals surface area (Å²) in [5, 5.41) is 8.05. The molecule has 0 unspecified atom stereocenters. The largest absolute Gasteiger partial charge is 0.469 e. The molecule has 2 aliphatic heterocycles. The Hall–Kier alpha value is -2.22. The monoisotopic (exact) mass is 426 g/mol. The van der Waals surface area contributed by atoms with Gasteiger partial charge in [0, 0.05) is 31.2 Å². The van der Waals surface area contributed by atoms with Crippen LogP contribution < -0.4 is 5.32 Å². The molecule has 1 aromatic heterocycles. The summed E-state index contributed by atoms with van der Waals surface area (Å²) in [4.78, 5) is 14.7. The van der Waals surface area contributed by atoms with E-state index in [1.807, 2.05) is 11.6 Å². The van der Waals surface area contributed by atoms with E-state index in [0.717, 1.165) is 74.8 Å². The quantitative estimate of drug-likeness (QED) is 0.716. The number of hydrogen-bond acceptors (Lipinski definition) is 6. The Labute approximate surface area is 184 Å². The zero-order valence-corrected chi connectivity index (χ0v) is 18.9. The van der Waals surface area contributed by atoms with Crippen molar-refractivity contribution in [3.8, 4) is 5.69 Å². The van der Waals surface area contributed by atoms with Gasteiger partial charge in [0.1, 0.15) is 0 Å². The third kappa shape index (κ3) is 5.17. The predicted octanol–water partition coefficient (Wildman–Crippen LogP) is 2.59. The Morgan fingerprint density at radius 3 is 2.81 bits per heavy atom. The molecule has 0 radical (unpaired) electrons. The second kappa shape index (κ2) is 9.51. The van der Waals surface area contributed by atoms with Crippen LogP contribution in [0.5, 0.6) is 0 Å². The van der Waals surface area contributed by atoms with E-state index in [-0.39, 0.29) is 17.5 Å². The van der Waals surface area contributed by atoms with Gasteiger partial charge in [-0.3, -0.25) is 9.69 Å². The fraction of sp³-hybridized carbons (Fsp3) is 0.583. The maximum atomic E-state index is 12.3. The summed E-state index contributed by atoms with van der Waals surface area (Å²) in [5.74, 6) is -0.118. The van der Waals surface area contributed by atoms with E-state index in [1.165, 1.54) is 7.11 Å². The van der Waals surface area contributed by atoms with Crippen LogP contribution in [0, 0.1) is 13.8 Å². The zero-order chi connectivity index (χ0) is 21.8. The highest BCUT2D eigenvalue weighted by Crippen LogP contribution is 2.30. The topological polar surface area (TPSA) is 68.6 Å². The number of carbonyl (C=O) groups is 1. The molecule has 2 aliphatic rings. The molecule has 2 saturated heterocycles. The average molecular weight is 427 g/mol. The van der Waals surface area contributed by atoms with Gasteiger partial charge in [0.25, 0.3) is 0 Å². The SMILES string of the molecule is COC(=O)C[C@H](CN1CCOC2(CCNCC2)C1)c1cccc(-n2nc(C)cc2C)c1. The number of ether oxygens (including phenoxy) is 2. The van der Waals surface area contributed by atoms with Gasteiger partial charge in [-0.25, -0.2) is 4.68 Å². The first-order chi connectivity index (χ1) is 15.0. The van der Waals surface area contributed by atoms with Gasteiger partial charge in [0.2, 0.25) is 0 Å². The van der Waals surface area contributed by atoms with Gasteiger partial charge >= 0.3 is 5.97 Å². The van der Waals surface area contributed by atoms with Crippen molar-refractivity contribution in [2.75, 3.05) is 46.4 Å². The Kier molecular flexibility index (Phi) is 6.74. The lowest BCUT2D eigenvalue weighted by atomic mass is 9.89. The number of aromatic nitrogens is 2. The van der Waals surface area contributed by atoms with Crippen molar-refractivity contribution in [2.45, 2.75) is 44.6 Å². The molecule has 3 heterocycles. The van der Waals surface area contributed by atoms with Crippen molar-refractivity contribution in [2.24, 2.45) is 0 Å². The van der Waals surface area contributed by atoms with Gasteiger partial charge < -0.3 is 14.8 Å². The normalized spacial score (nSPS) is 20.0. The van der Waals surface area contributed by atoms with E-state index in [4.69, 9.17) is 9.47 Å². The molecule has 1 aromatic carbocycles. The minimum Gasteiger partial charge on any atom is -0.469 e. The number of nitrogens with zero attached hydrogens (tertiary/aromatic N) is 3. The smallest absolute Gasteiger partial charge is 0.306 e. The van der Waals surface area contributed by atoms with E-state index in [1.54, 1.807) is 0 Å². The van der Waals surface area contributed by atoms with Crippen LogP contribution >= 0.6 is 0 Å². The minimum absolute atomic E-state index is 0.0507. The van der Waals surface area contributed by atoms with Crippen molar-refractivity contribution in [3.05, 3.63) is 47.3 Å². The molecule has 1 spiro atoms. The highest BCUT2D eigenvalue weighted by molar-refractivity contribution is 5.70. The number of nitrogens with one attached hydrogen (secondary N) is 1. The predicted molar refractivity (Wildman–Crippen MR) is 120 cm³/mol. The van der Waals surface area contributed by atoms with Crippen molar-refractivity contribution in [3.63, 3.8) is 0 Å². The van der Waals surface area contributed by atoms with Crippen LogP contribution in [0.25, 0.3) is 5.69 Å². The molecule has 2 aromatic rings. The number of carbonyl (C=O) groups excluding carboxylic acids is 1. The molecule has 4 rings (SSSR count). The van der Waals surface area contributed by atoms with Crippen molar-refractivity contribution in [1.29, 1.82) is 0 Å². The lowest BCUT2D eigenvalue weighted by Crippen LogP contribution is -2.56. The third-order valence-corrected chi connectivity index (χ3v) is 6.56. The van der Waals surface area contributed by atoms with Gasteiger partial charge in [-0.15, -0.1) is 0 Å². The fourth-order valence-electron chi connectivity index (χ4n) is 4.95. The van der Waals surface area contributed by atoms with E-state index in [2.05, 4.69) is 52.6 Å². The molecule has 0 aliphatic carbocycles. The van der Waals surface area contributed by atoms with Crippen LogP contribution in [0.3, 0.4) is 0 Å². The summed E-state index contributed by atoms with van der Waals surface area (Å²) in [6, 6.07) is 10.5. The summed E-state index contributed by atoms with van der Waals surface area (Å²) in [6.45, 7) is 9.44. The van der Waals surface area contributed by atoms with E-state index >= 15 is 0 Å². The summed E-state index contributed by atoms with van der Waals surface area (Å²) in [6.07, 6.45) is 2.44. The maximum Gasteiger partial charge on any atom is 0.306 e. The van der Waals surface area contributed by atoms with Crippen LogP contribution in [0.15, 0.2) is 30.3 Å². The van der Waals surface area contributed by atoms with E-state index in [0.29, 0.717) is 6.42 Å². The number of esters is 1. The molecule has 1 atom stereocenters. The summed E-state index contributed by atoms with van der Waals surface area (Å²) >= 11 is 0. The average Bonchev–Trinajstić information content (AvgIpc) is 3.12. The standard InChI is InChI=1S/C24H34N4O3/c1-18-13-19(2)28(26-18)22-6-4-5-20(14-22)21(15-23(29)30-3)16-27-11-12-31-24(17-27)7-9-25-10-8-24/h4-6,13-14,21,25H,7-12,15-17H2,1-3H3/t21-/m1/s1. The summed E-state index contributed by atoms with van der Waals surface area (Å²) in [7, 11) is 1.46. The number of hydrogen-bond donors (Lipinski definition) is 1. The number of morpholine rings is 1. The number of benzene rings is 1. The molecule has 168 valence electrons. The number of rotatable bonds is 6. The Morgan fingerprint density at radius 2 is 2.10 bits per heavy atom. The maximum absolute atomic E-state index is 12.3. The summed E-state index contributed by atoms with van der Waals surface area (Å²) < 4.78 is 13.2. The van der Waals surface area contributed by atoms with Crippen molar-refractivity contribution < 1.29 is 14.3 Å². The first-order valence-electron chi connectivity index (χ1n) is 11.3. The van der Waals surface area contributed by atoms with Crippen LogP contribution in [-0.4, -0.2) is 72.7 Å². The van der Waals surface area contributed by atoms with Crippen LogP contribution in [0.2, 0.25) is 0 Å². The fourth-order valence-corrected chi connectivity index (χ4v) is 4.95. The third-order valence-electron chi connectivity index (χ3n) is 6.56. The molecular weight excluding hydrogens is 392 g/mol. The molecule has 31 heavy (non-hydrogen) atoms. The molecule has 7 nitrogen and oxygen atoms in total. The molecule has 0 amide bonds. The van der Waals surface area contributed by atoms with Gasteiger partial charge in [0.05, 0.1) is 37.1 Å². The first kappa shape index (κ1) is 22.0. The Bertz CT molecular complexity index is 898. The summed E-state index contributed by atoms with van der Waals surface area (Å²) in [5.41, 5.74) is 4.20. The highest BCUT2D eigenvalue weighted by atomic mass is 16.5. The zero-order valence-electron chi connectivity index (χ0n) is 18.9. The van der Waals surface area contributed by atoms with E-state index in [9.17, 15) is 4.79 Å². The Balaban J connectivity index is 1.56. The molecule has 7 heteroatoms. The molecule has 0 bridgehead atoms. The van der Waals surface area contributed by atoms with Gasteiger partial charge in [-0.1, -0.05) is 12.1 Å². The lowest BCUT2D eigenvalue weighted by molar-refractivity contribution is -0.142. The van der Waals surface area contributed by atoms with Crippen LogP contribution in [-0.2, 0) is 14.3 Å². The number of methoxy groups -OCH3 is 1. The second-order valence-electron chi connectivity index (χ2n) is 8.93. The molecule has 0 saturated carbocycles. The van der Waals surface area contributed by atoms with Gasteiger partial charge in [-0.05, 0) is 63.5 Å². The van der Waals surface area contributed by atoms with Crippen molar-refractivity contribution in [1.82, 2.24) is 20.0 Å². The van der Waals surface area contributed by atoms with Gasteiger partial charge in [-0.2, -0.15) is 5.10 Å². The molecular formula is C24H34N4O3. The lowest BCUT2D eigenvalue weighted by Gasteiger charge is -2.46. The first-order valence-corrected chi connectivity index (χ1v) is 11.3. The van der Waals surface area contributed by atoms with Crippen LogP contribution in [0.1, 0.15) is 42.1 Å². The minimum atomic E-state index is -0.175.